The molecule has 0 radical (unpaired) electrons. The summed E-state index contributed by atoms with van der Waals surface area (Å²) in [5.41, 5.74) is 2.39. The molecule has 1 N–H and O–H groups in total. The number of carbonyl (C=O) groups is 1. The smallest absolute Gasteiger partial charge is 0.261 e. The summed E-state index contributed by atoms with van der Waals surface area (Å²) in [7, 11) is -1.89. The van der Waals surface area contributed by atoms with Gasteiger partial charge in [-0.05, 0) is 43.2 Å². The van der Waals surface area contributed by atoms with Crippen LogP contribution in [0.3, 0.4) is 0 Å². The van der Waals surface area contributed by atoms with Gasteiger partial charge in [0, 0.05) is 12.6 Å². The summed E-state index contributed by atoms with van der Waals surface area (Å²) in [6.45, 7) is 3.87. The van der Waals surface area contributed by atoms with Crippen LogP contribution in [-0.4, -0.2) is 43.9 Å². The quantitative estimate of drug-likeness (QED) is 0.524. The fourth-order valence-electron chi connectivity index (χ4n) is 2.95. The molecule has 0 spiro atoms. The van der Waals surface area contributed by atoms with Crippen LogP contribution in [0.15, 0.2) is 53.1 Å². The Morgan fingerprint density at radius 1 is 1.19 bits per heavy atom. The number of sulfonamides is 1. The molecule has 0 bridgehead atoms. The maximum atomic E-state index is 12.6. The van der Waals surface area contributed by atoms with Gasteiger partial charge in [-0.1, -0.05) is 36.3 Å². The number of nitrogens with zero attached hydrogens (tertiary/aromatic N) is 3. The molecule has 32 heavy (non-hydrogen) atoms. The normalized spacial score (nSPS) is 12.2. The summed E-state index contributed by atoms with van der Waals surface area (Å²) in [5.74, 6) is 0.896. The Bertz CT molecular complexity index is 1180. The lowest BCUT2D eigenvalue weighted by atomic mass is 10.1. The molecule has 0 aliphatic carbocycles. The van der Waals surface area contributed by atoms with Crippen molar-refractivity contribution >= 4 is 21.6 Å². The molecule has 0 aliphatic rings. The van der Waals surface area contributed by atoms with Gasteiger partial charge in [-0.15, -0.1) is 0 Å². The molecule has 0 saturated heterocycles. The summed E-state index contributed by atoms with van der Waals surface area (Å²) in [5, 5.41) is 6.73. The minimum Gasteiger partial charge on any atom is -0.481 e. The van der Waals surface area contributed by atoms with Crippen molar-refractivity contribution in [1.29, 1.82) is 0 Å². The first-order chi connectivity index (χ1) is 15.2. The molecule has 3 aromatic rings. The van der Waals surface area contributed by atoms with Crippen LogP contribution >= 0.6 is 0 Å². The number of hydrogen-bond donors (Lipinski definition) is 1. The van der Waals surface area contributed by atoms with E-state index in [0.717, 1.165) is 21.7 Å². The lowest BCUT2D eigenvalue weighted by Gasteiger charge is -2.19. The number of anilines is 1. The van der Waals surface area contributed by atoms with Gasteiger partial charge in [-0.25, -0.2) is 8.42 Å². The largest absolute Gasteiger partial charge is 0.481 e. The van der Waals surface area contributed by atoms with Crippen LogP contribution in [0.25, 0.3) is 11.4 Å². The number of amides is 1. The molecule has 3 rings (SSSR count). The average molecular weight is 459 g/mol. The lowest BCUT2D eigenvalue weighted by Crippen LogP contribution is -2.37. The van der Waals surface area contributed by atoms with Gasteiger partial charge in [-0.2, -0.15) is 4.98 Å². The van der Waals surface area contributed by atoms with E-state index in [-0.39, 0.29) is 12.5 Å². The Hall–Kier alpha value is -3.40. The number of aromatic nitrogens is 2. The van der Waals surface area contributed by atoms with Crippen molar-refractivity contribution in [2.45, 2.75) is 32.9 Å². The maximum absolute atomic E-state index is 12.6. The second-order valence-corrected chi connectivity index (χ2v) is 9.30. The van der Waals surface area contributed by atoms with Crippen molar-refractivity contribution in [2.24, 2.45) is 0 Å². The Kier molecular flexibility index (Phi) is 7.14. The predicted octanol–water partition coefficient (Wildman–Crippen LogP) is 2.91. The Labute approximate surface area is 187 Å². The molecule has 2 aromatic carbocycles. The third-order valence-corrected chi connectivity index (χ3v) is 6.11. The molecular formula is C22H26N4O5S. The Balaban J connectivity index is 1.59. The number of carbonyl (C=O) groups excluding carboxylic acids is 1. The molecule has 1 amide bonds. The van der Waals surface area contributed by atoms with E-state index in [2.05, 4.69) is 15.5 Å². The van der Waals surface area contributed by atoms with Crippen molar-refractivity contribution < 1.29 is 22.5 Å². The summed E-state index contributed by atoms with van der Waals surface area (Å²) < 4.78 is 35.5. The van der Waals surface area contributed by atoms with Crippen LogP contribution in [-0.2, 0) is 21.4 Å². The zero-order valence-corrected chi connectivity index (χ0v) is 19.2. The van der Waals surface area contributed by atoms with E-state index in [1.54, 1.807) is 24.3 Å². The topological polar surface area (TPSA) is 115 Å². The lowest BCUT2D eigenvalue weighted by molar-refractivity contribution is -0.128. The molecule has 0 saturated carbocycles. The van der Waals surface area contributed by atoms with Gasteiger partial charge >= 0.3 is 0 Å². The molecule has 1 aromatic heterocycles. The van der Waals surface area contributed by atoms with Gasteiger partial charge in [0.25, 0.3) is 5.91 Å². The van der Waals surface area contributed by atoms with Crippen LogP contribution in [0.1, 0.15) is 24.8 Å². The predicted molar refractivity (Wildman–Crippen MR) is 121 cm³/mol. The summed E-state index contributed by atoms with van der Waals surface area (Å²) in [4.78, 5) is 16.9. The first kappa shape index (κ1) is 23.3. The van der Waals surface area contributed by atoms with Crippen LogP contribution < -0.4 is 14.4 Å². The standard InChI is InChI=1S/C22H26N4O5S/c1-5-19(30-17-12-10-16(11-13-17)26(3)32(4,28)29)22(27)23-14-20-24-21(25-31-20)18-9-7-6-8-15(18)2/h6-13,19H,5,14H2,1-4H3,(H,23,27)/t19-/m0/s1. The van der Waals surface area contributed by atoms with E-state index < -0.39 is 16.1 Å². The highest BCUT2D eigenvalue weighted by Gasteiger charge is 2.20. The van der Waals surface area contributed by atoms with E-state index in [0.29, 0.717) is 29.6 Å². The highest BCUT2D eigenvalue weighted by atomic mass is 32.2. The third-order valence-electron chi connectivity index (χ3n) is 4.91. The number of aryl methyl sites for hydroxylation is 1. The summed E-state index contributed by atoms with van der Waals surface area (Å²) in [6, 6.07) is 14.2. The molecule has 1 atom stereocenters. The number of rotatable bonds is 9. The van der Waals surface area contributed by atoms with Crippen molar-refractivity contribution in [3.05, 3.63) is 60.0 Å². The minimum absolute atomic E-state index is 0.0790. The fourth-order valence-corrected chi connectivity index (χ4v) is 3.45. The van der Waals surface area contributed by atoms with Crippen LogP contribution in [0.2, 0.25) is 0 Å². The third kappa shape index (κ3) is 5.64. The highest BCUT2D eigenvalue weighted by Crippen LogP contribution is 2.22. The van der Waals surface area contributed by atoms with E-state index >= 15 is 0 Å². The van der Waals surface area contributed by atoms with Crippen molar-refractivity contribution in [1.82, 2.24) is 15.5 Å². The molecule has 0 aliphatic heterocycles. The van der Waals surface area contributed by atoms with Gasteiger partial charge in [0.1, 0.15) is 5.75 Å². The molecule has 0 unspecified atom stereocenters. The molecular weight excluding hydrogens is 432 g/mol. The second-order valence-electron chi connectivity index (χ2n) is 7.28. The Morgan fingerprint density at radius 2 is 1.88 bits per heavy atom. The monoisotopic (exact) mass is 458 g/mol. The second kappa shape index (κ2) is 9.82. The number of nitrogens with one attached hydrogen (secondary N) is 1. The average Bonchev–Trinajstić information content (AvgIpc) is 3.24. The van der Waals surface area contributed by atoms with Crippen LogP contribution in [0.5, 0.6) is 5.75 Å². The molecule has 10 heteroatoms. The molecule has 0 fully saturated rings. The molecule has 1 heterocycles. The number of hydrogen-bond acceptors (Lipinski definition) is 7. The van der Waals surface area contributed by atoms with Gasteiger partial charge in [0.2, 0.25) is 21.7 Å². The summed E-state index contributed by atoms with van der Waals surface area (Å²) in [6.07, 6.45) is 0.837. The maximum Gasteiger partial charge on any atom is 0.261 e. The zero-order valence-electron chi connectivity index (χ0n) is 18.4. The summed E-state index contributed by atoms with van der Waals surface area (Å²) >= 11 is 0. The van der Waals surface area contributed by atoms with E-state index in [1.807, 2.05) is 38.1 Å². The zero-order chi connectivity index (χ0) is 23.3. The van der Waals surface area contributed by atoms with Gasteiger partial charge in [0.05, 0.1) is 18.5 Å². The van der Waals surface area contributed by atoms with Crippen LogP contribution in [0.4, 0.5) is 5.69 Å². The number of benzene rings is 2. The molecule has 9 nitrogen and oxygen atoms in total. The first-order valence-corrected chi connectivity index (χ1v) is 11.9. The van der Waals surface area contributed by atoms with E-state index in [9.17, 15) is 13.2 Å². The van der Waals surface area contributed by atoms with E-state index in [4.69, 9.17) is 9.26 Å². The number of ether oxygens (including phenoxy) is 1. The van der Waals surface area contributed by atoms with Crippen molar-refractivity contribution in [3.63, 3.8) is 0 Å². The highest BCUT2D eigenvalue weighted by molar-refractivity contribution is 7.92. The Morgan fingerprint density at radius 3 is 2.50 bits per heavy atom. The van der Waals surface area contributed by atoms with Crippen molar-refractivity contribution in [2.75, 3.05) is 17.6 Å². The van der Waals surface area contributed by atoms with Crippen molar-refractivity contribution in [3.8, 4) is 17.1 Å². The van der Waals surface area contributed by atoms with Gasteiger partial charge < -0.3 is 14.6 Å². The molecule has 170 valence electrons. The minimum atomic E-state index is -3.35. The van der Waals surface area contributed by atoms with Crippen LogP contribution in [0, 0.1) is 6.92 Å². The van der Waals surface area contributed by atoms with Gasteiger partial charge in [0.15, 0.2) is 6.10 Å². The van der Waals surface area contributed by atoms with Gasteiger partial charge in [-0.3, -0.25) is 9.10 Å². The fraction of sp³-hybridized carbons (Fsp3) is 0.318. The first-order valence-electron chi connectivity index (χ1n) is 10.1. The van der Waals surface area contributed by atoms with E-state index in [1.165, 1.54) is 7.05 Å². The SMILES string of the molecule is CC[C@H](Oc1ccc(N(C)S(C)(=O)=O)cc1)C(=O)NCc1nc(-c2ccccc2C)no1.